The molecule has 1 saturated heterocycles. The summed E-state index contributed by atoms with van der Waals surface area (Å²) < 4.78 is 0. The molecule has 0 radical (unpaired) electrons. The molecule has 3 rings (SSSR count). The summed E-state index contributed by atoms with van der Waals surface area (Å²) in [6, 6.07) is 0. The van der Waals surface area contributed by atoms with Crippen LogP contribution in [-0.4, -0.2) is 52.9 Å². The van der Waals surface area contributed by atoms with Gasteiger partial charge in [0.1, 0.15) is 0 Å². The molecule has 120 valence electrons. The Morgan fingerprint density at radius 1 is 1.45 bits per heavy atom. The predicted molar refractivity (Wildman–Crippen MR) is 85.7 cm³/mol. The first-order valence-electron chi connectivity index (χ1n) is 7.81. The first-order valence-corrected chi connectivity index (χ1v) is 8.63. The topological polar surface area (TPSA) is 65.5 Å². The molecule has 7 heteroatoms. The molecular weight excluding hydrogens is 300 g/mol. The number of nitrogens with one attached hydrogen (secondary N) is 1. The Hall–Kier alpha value is -1.47. The molecule has 1 saturated carbocycles. The number of carbonyl (C=O) groups excluding carboxylic acids is 2. The molecule has 2 fully saturated rings. The van der Waals surface area contributed by atoms with Gasteiger partial charge in [-0.05, 0) is 32.1 Å². The summed E-state index contributed by atoms with van der Waals surface area (Å²) in [5.41, 5.74) is 1.03. The number of anilines is 1. The van der Waals surface area contributed by atoms with E-state index in [-0.39, 0.29) is 18.4 Å². The van der Waals surface area contributed by atoms with Crippen LogP contribution in [0.25, 0.3) is 0 Å². The first-order chi connectivity index (χ1) is 10.5. The highest BCUT2D eigenvalue weighted by Gasteiger charge is 2.33. The van der Waals surface area contributed by atoms with Crippen molar-refractivity contribution >= 4 is 28.3 Å². The fraction of sp³-hybridized carbons (Fsp3) is 0.667. The number of nitrogens with zero attached hydrogens (tertiary/aromatic N) is 3. The van der Waals surface area contributed by atoms with Crippen LogP contribution in [0, 0.1) is 12.8 Å². The lowest BCUT2D eigenvalue weighted by atomic mass is 10.3. The Kier molecular flexibility index (Phi) is 4.44. The highest BCUT2D eigenvalue weighted by Crippen LogP contribution is 2.30. The van der Waals surface area contributed by atoms with E-state index < -0.39 is 0 Å². The molecule has 1 aliphatic heterocycles. The Labute approximate surface area is 134 Å². The summed E-state index contributed by atoms with van der Waals surface area (Å²) in [5.74, 6) is 0.721. The summed E-state index contributed by atoms with van der Waals surface area (Å²) in [5, 5.41) is 3.50. The number of rotatable bonds is 6. The molecule has 1 aromatic heterocycles. The van der Waals surface area contributed by atoms with Crippen LogP contribution in [0.5, 0.6) is 0 Å². The van der Waals surface area contributed by atoms with Crippen molar-refractivity contribution in [3.63, 3.8) is 0 Å². The number of aromatic nitrogens is 1. The van der Waals surface area contributed by atoms with Crippen LogP contribution >= 0.6 is 11.3 Å². The predicted octanol–water partition coefficient (Wildman–Crippen LogP) is 1.46. The number of aryl methyl sites for hydroxylation is 2. The van der Waals surface area contributed by atoms with Crippen LogP contribution in [0.4, 0.5) is 5.13 Å². The average Bonchev–Trinajstić information content (AvgIpc) is 3.11. The maximum Gasteiger partial charge on any atom is 0.240 e. The third kappa shape index (κ3) is 3.64. The molecule has 0 unspecified atom stereocenters. The van der Waals surface area contributed by atoms with E-state index >= 15 is 0 Å². The summed E-state index contributed by atoms with van der Waals surface area (Å²) in [6.07, 6.45) is 3.33. The molecule has 1 aromatic rings. The standard InChI is InChI=1S/C15H22N4O2S/c1-3-12-10(2)22-15(16-12)17-13(20)7-18-8-14(21)19(9-18)6-11-4-5-11/h11H,3-9H2,1-2H3,(H,16,17,20). The zero-order valence-electron chi connectivity index (χ0n) is 13.1. The summed E-state index contributed by atoms with van der Waals surface area (Å²) >= 11 is 1.50. The van der Waals surface area contributed by atoms with Crippen LogP contribution in [-0.2, 0) is 16.0 Å². The minimum Gasteiger partial charge on any atom is -0.328 e. The molecule has 22 heavy (non-hydrogen) atoms. The first kappa shape index (κ1) is 15.4. The maximum absolute atomic E-state index is 12.1. The van der Waals surface area contributed by atoms with Crippen molar-refractivity contribution in [2.24, 2.45) is 5.92 Å². The minimum atomic E-state index is -0.0996. The maximum atomic E-state index is 12.1. The molecule has 0 spiro atoms. The van der Waals surface area contributed by atoms with Crippen molar-refractivity contribution in [1.29, 1.82) is 0 Å². The summed E-state index contributed by atoms with van der Waals surface area (Å²) in [7, 11) is 0. The zero-order valence-corrected chi connectivity index (χ0v) is 13.9. The van der Waals surface area contributed by atoms with Crippen LogP contribution in [0.1, 0.15) is 30.3 Å². The molecule has 0 aromatic carbocycles. The van der Waals surface area contributed by atoms with Gasteiger partial charge in [-0.15, -0.1) is 11.3 Å². The highest BCUT2D eigenvalue weighted by atomic mass is 32.1. The van der Waals surface area contributed by atoms with E-state index in [1.54, 1.807) is 0 Å². The second-order valence-corrected chi connectivity index (χ2v) is 7.31. The van der Waals surface area contributed by atoms with Gasteiger partial charge in [0.25, 0.3) is 0 Å². The van der Waals surface area contributed by atoms with E-state index in [1.165, 1.54) is 24.2 Å². The molecule has 2 heterocycles. The van der Waals surface area contributed by atoms with E-state index in [0.29, 0.717) is 24.3 Å². The fourth-order valence-electron chi connectivity index (χ4n) is 2.71. The Bertz CT molecular complexity index is 582. The molecule has 6 nitrogen and oxygen atoms in total. The van der Waals surface area contributed by atoms with Crippen LogP contribution in [0.15, 0.2) is 0 Å². The lowest BCUT2D eigenvalue weighted by Crippen LogP contribution is -2.33. The van der Waals surface area contributed by atoms with Gasteiger partial charge in [-0.3, -0.25) is 14.5 Å². The van der Waals surface area contributed by atoms with Gasteiger partial charge in [-0.1, -0.05) is 6.92 Å². The summed E-state index contributed by atoms with van der Waals surface area (Å²) in [6.45, 7) is 6.07. The van der Waals surface area contributed by atoms with E-state index in [1.807, 2.05) is 16.7 Å². The number of carbonyl (C=O) groups is 2. The molecule has 0 bridgehead atoms. The monoisotopic (exact) mass is 322 g/mol. The number of thiazole rings is 1. The zero-order chi connectivity index (χ0) is 15.7. The van der Waals surface area contributed by atoms with Crippen LogP contribution < -0.4 is 5.32 Å². The number of hydrogen-bond acceptors (Lipinski definition) is 5. The molecule has 0 atom stereocenters. The lowest BCUT2D eigenvalue weighted by Gasteiger charge is -2.17. The van der Waals surface area contributed by atoms with Crippen molar-refractivity contribution < 1.29 is 9.59 Å². The van der Waals surface area contributed by atoms with E-state index in [0.717, 1.165) is 23.5 Å². The number of hydrogen-bond donors (Lipinski definition) is 1. The SMILES string of the molecule is CCc1nc(NC(=O)CN2CC(=O)N(CC3CC3)C2)sc1C. The molecular formula is C15H22N4O2S. The van der Waals surface area contributed by atoms with Gasteiger partial charge in [0.2, 0.25) is 11.8 Å². The van der Waals surface area contributed by atoms with Gasteiger partial charge in [-0.25, -0.2) is 4.98 Å². The highest BCUT2D eigenvalue weighted by molar-refractivity contribution is 7.15. The van der Waals surface area contributed by atoms with Crippen LogP contribution in [0.3, 0.4) is 0 Å². The normalized spacial score (nSPS) is 19.0. The third-order valence-corrected chi connectivity index (χ3v) is 5.03. The van der Waals surface area contributed by atoms with Crippen molar-refractivity contribution in [2.75, 3.05) is 31.6 Å². The van der Waals surface area contributed by atoms with Crippen LogP contribution in [0.2, 0.25) is 0 Å². The van der Waals surface area contributed by atoms with Gasteiger partial charge in [0.15, 0.2) is 5.13 Å². The molecule has 1 aliphatic carbocycles. The Balaban J connectivity index is 1.50. The Morgan fingerprint density at radius 3 is 2.86 bits per heavy atom. The van der Waals surface area contributed by atoms with Gasteiger partial charge in [0.05, 0.1) is 25.5 Å². The third-order valence-electron chi connectivity index (χ3n) is 4.10. The van der Waals surface area contributed by atoms with Gasteiger partial charge in [-0.2, -0.15) is 0 Å². The lowest BCUT2D eigenvalue weighted by molar-refractivity contribution is -0.126. The largest absolute Gasteiger partial charge is 0.328 e. The average molecular weight is 322 g/mol. The van der Waals surface area contributed by atoms with Crippen molar-refractivity contribution in [2.45, 2.75) is 33.1 Å². The van der Waals surface area contributed by atoms with E-state index in [2.05, 4.69) is 17.2 Å². The second kappa shape index (κ2) is 6.34. The van der Waals surface area contributed by atoms with Crippen molar-refractivity contribution in [3.8, 4) is 0 Å². The fourth-order valence-corrected chi connectivity index (χ4v) is 3.63. The smallest absolute Gasteiger partial charge is 0.240 e. The van der Waals surface area contributed by atoms with E-state index in [4.69, 9.17) is 0 Å². The van der Waals surface area contributed by atoms with E-state index in [9.17, 15) is 9.59 Å². The quantitative estimate of drug-likeness (QED) is 0.861. The molecule has 1 N–H and O–H groups in total. The minimum absolute atomic E-state index is 0.0996. The molecule has 2 amide bonds. The van der Waals surface area contributed by atoms with Gasteiger partial charge < -0.3 is 10.2 Å². The molecule has 2 aliphatic rings. The number of amides is 2. The Morgan fingerprint density at radius 2 is 2.23 bits per heavy atom. The summed E-state index contributed by atoms with van der Waals surface area (Å²) in [4.78, 5) is 33.3. The second-order valence-electron chi connectivity index (χ2n) is 6.11. The van der Waals surface area contributed by atoms with Gasteiger partial charge in [0, 0.05) is 11.4 Å². The van der Waals surface area contributed by atoms with Crippen molar-refractivity contribution in [1.82, 2.24) is 14.8 Å². The van der Waals surface area contributed by atoms with Crippen molar-refractivity contribution in [3.05, 3.63) is 10.6 Å². The van der Waals surface area contributed by atoms with Gasteiger partial charge >= 0.3 is 0 Å².